The zero-order chi connectivity index (χ0) is 19.4. The van der Waals surface area contributed by atoms with Gasteiger partial charge >= 0.3 is 5.97 Å². The Bertz CT molecular complexity index is 844. The first-order valence-corrected chi connectivity index (χ1v) is 9.35. The Morgan fingerprint density at radius 2 is 1.93 bits per heavy atom. The van der Waals surface area contributed by atoms with Crippen molar-refractivity contribution in [1.82, 2.24) is 9.47 Å². The number of nitrogens with zero attached hydrogens (tertiary/aromatic N) is 2. The van der Waals surface area contributed by atoms with Gasteiger partial charge in [0.15, 0.2) is 0 Å². The fourth-order valence-corrected chi connectivity index (χ4v) is 3.65. The van der Waals surface area contributed by atoms with E-state index in [0.717, 1.165) is 25.2 Å². The molecule has 27 heavy (non-hydrogen) atoms. The van der Waals surface area contributed by atoms with Crippen molar-refractivity contribution in [2.75, 3.05) is 32.1 Å². The van der Waals surface area contributed by atoms with Crippen LogP contribution in [0.5, 0.6) is 0 Å². The third-order valence-corrected chi connectivity index (χ3v) is 5.00. The Hall–Kier alpha value is -2.60. The van der Waals surface area contributed by atoms with Crippen LogP contribution in [0.15, 0.2) is 47.4 Å². The lowest BCUT2D eigenvalue weighted by molar-refractivity contribution is 0.0526. The molecule has 1 aromatic heterocycles. The number of nitrogens with one attached hydrogen (secondary N) is 1. The number of benzene rings is 1. The number of rotatable bonds is 5. The highest BCUT2D eigenvalue weighted by Crippen LogP contribution is 2.28. The lowest BCUT2D eigenvalue weighted by Crippen LogP contribution is -2.43. The Kier molecular flexibility index (Phi) is 5.96. The summed E-state index contributed by atoms with van der Waals surface area (Å²) in [4.78, 5) is 26.0. The maximum atomic E-state index is 11.8. The number of piperidine rings is 1. The highest BCUT2D eigenvalue weighted by atomic mass is 16.5. The van der Waals surface area contributed by atoms with Crippen molar-refractivity contribution in [2.45, 2.75) is 25.3 Å². The smallest absolute Gasteiger partial charge is 0.338 e. The maximum absolute atomic E-state index is 11.8. The van der Waals surface area contributed by atoms with E-state index in [1.54, 1.807) is 30.8 Å². The Balaban J connectivity index is 1.70. The van der Waals surface area contributed by atoms with E-state index in [2.05, 4.69) is 17.3 Å². The van der Waals surface area contributed by atoms with E-state index in [1.165, 1.54) is 5.56 Å². The molecule has 1 N–H and O–H groups in total. The number of aryl methyl sites for hydroxylation is 1. The quantitative estimate of drug-likeness (QED) is 0.821. The lowest BCUT2D eigenvalue weighted by Gasteiger charge is -2.36. The number of anilines is 1. The van der Waals surface area contributed by atoms with Gasteiger partial charge in [-0.3, -0.25) is 4.79 Å². The molecule has 0 unspecified atom stereocenters. The monoisotopic (exact) mass is 369 g/mol. The number of carbonyl (C=O) groups excluding carboxylic acids is 1. The maximum Gasteiger partial charge on any atom is 0.338 e. The molecule has 0 saturated carbocycles. The van der Waals surface area contributed by atoms with Crippen LogP contribution >= 0.6 is 0 Å². The van der Waals surface area contributed by atoms with Crippen LogP contribution in [-0.4, -0.2) is 48.2 Å². The molecule has 3 rings (SSSR count). The van der Waals surface area contributed by atoms with Crippen LogP contribution in [0, 0.1) is 0 Å². The fraction of sp³-hybridized carbons (Fsp3) is 0.429. The van der Waals surface area contributed by atoms with Gasteiger partial charge in [-0.05, 0) is 50.1 Å². The molecule has 144 valence electrons. The van der Waals surface area contributed by atoms with Crippen molar-refractivity contribution < 1.29 is 9.53 Å². The third kappa shape index (κ3) is 4.77. The molecule has 0 aliphatic carbocycles. The average molecular weight is 369 g/mol. The van der Waals surface area contributed by atoms with Crippen LogP contribution < -0.4 is 10.9 Å². The standard InChI is InChI=1S/C21H27N3O3/c1-4-27-21(26)16-7-5-15(6-8-16)17-11-19(14-23(2)13-17)22-18-9-10-24(3)20(25)12-18/h5-10,12,17,19,22H,4,11,13-14H2,1-3H3/t17-,19+/m0/s1. The molecule has 0 radical (unpaired) electrons. The first-order valence-electron chi connectivity index (χ1n) is 9.35. The van der Waals surface area contributed by atoms with Crippen molar-refractivity contribution >= 4 is 11.7 Å². The van der Waals surface area contributed by atoms with Gasteiger partial charge in [0, 0.05) is 44.1 Å². The number of ether oxygens (including phenoxy) is 1. The van der Waals surface area contributed by atoms with Gasteiger partial charge in [0.2, 0.25) is 0 Å². The number of aromatic nitrogens is 1. The predicted octanol–water partition coefficient (Wildman–Crippen LogP) is 2.46. The van der Waals surface area contributed by atoms with E-state index in [4.69, 9.17) is 4.74 Å². The summed E-state index contributed by atoms with van der Waals surface area (Å²) < 4.78 is 6.61. The van der Waals surface area contributed by atoms with Gasteiger partial charge < -0.3 is 19.5 Å². The molecular weight excluding hydrogens is 342 g/mol. The van der Waals surface area contributed by atoms with Gasteiger partial charge in [0.05, 0.1) is 12.2 Å². The normalized spacial score (nSPS) is 20.3. The minimum atomic E-state index is -0.282. The summed E-state index contributed by atoms with van der Waals surface area (Å²) in [5.74, 6) is 0.0825. The van der Waals surface area contributed by atoms with E-state index in [9.17, 15) is 9.59 Å². The van der Waals surface area contributed by atoms with Crippen LogP contribution in [0.1, 0.15) is 35.2 Å². The molecule has 0 spiro atoms. The first kappa shape index (κ1) is 19.2. The van der Waals surface area contributed by atoms with E-state index < -0.39 is 0 Å². The molecule has 6 heteroatoms. The summed E-state index contributed by atoms with van der Waals surface area (Å²) in [5, 5.41) is 3.50. The number of pyridine rings is 1. The lowest BCUT2D eigenvalue weighted by atomic mass is 9.87. The van der Waals surface area contributed by atoms with E-state index in [0.29, 0.717) is 18.1 Å². The minimum absolute atomic E-state index is 0.0183. The number of esters is 1. The minimum Gasteiger partial charge on any atom is -0.462 e. The van der Waals surface area contributed by atoms with Gasteiger partial charge in [-0.25, -0.2) is 4.79 Å². The summed E-state index contributed by atoms with van der Waals surface area (Å²) in [6, 6.07) is 11.5. The molecule has 2 atom stereocenters. The molecule has 6 nitrogen and oxygen atoms in total. The summed E-state index contributed by atoms with van der Waals surface area (Å²) in [6.45, 7) is 4.07. The molecular formula is C21H27N3O3. The first-order chi connectivity index (χ1) is 13.0. The van der Waals surface area contributed by atoms with E-state index in [1.807, 2.05) is 30.3 Å². The topological polar surface area (TPSA) is 63.6 Å². The second-order valence-corrected chi connectivity index (χ2v) is 7.20. The van der Waals surface area contributed by atoms with Crippen molar-refractivity contribution in [1.29, 1.82) is 0 Å². The van der Waals surface area contributed by atoms with Crippen LogP contribution in [0.4, 0.5) is 5.69 Å². The molecule has 1 aliphatic rings. The van der Waals surface area contributed by atoms with E-state index >= 15 is 0 Å². The Labute approximate surface area is 159 Å². The zero-order valence-corrected chi connectivity index (χ0v) is 16.1. The van der Waals surface area contributed by atoms with E-state index in [-0.39, 0.29) is 17.6 Å². The molecule has 1 aromatic carbocycles. The van der Waals surface area contributed by atoms with Gasteiger partial charge in [-0.15, -0.1) is 0 Å². The molecule has 1 saturated heterocycles. The SMILES string of the molecule is CCOC(=O)c1ccc([C@H]2C[C@@H](Nc3ccn(C)c(=O)c3)CN(C)C2)cc1. The van der Waals surface area contributed by atoms with Crippen LogP contribution in [0.25, 0.3) is 0 Å². The Morgan fingerprint density at radius 1 is 1.19 bits per heavy atom. The predicted molar refractivity (Wildman–Crippen MR) is 106 cm³/mol. The molecule has 2 aromatic rings. The van der Waals surface area contributed by atoms with Gasteiger partial charge in [-0.2, -0.15) is 0 Å². The second-order valence-electron chi connectivity index (χ2n) is 7.20. The summed E-state index contributed by atoms with van der Waals surface area (Å²) in [7, 11) is 3.86. The fourth-order valence-electron chi connectivity index (χ4n) is 3.65. The zero-order valence-electron chi connectivity index (χ0n) is 16.1. The van der Waals surface area contributed by atoms with Gasteiger partial charge in [0.1, 0.15) is 0 Å². The third-order valence-electron chi connectivity index (χ3n) is 5.00. The molecule has 1 fully saturated rings. The summed E-state index contributed by atoms with van der Waals surface area (Å²) in [6.07, 6.45) is 2.75. The number of hydrogen-bond acceptors (Lipinski definition) is 5. The van der Waals surface area contributed by atoms with Crippen LogP contribution in [0.2, 0.25) is 0 Å². The van der Waals surface area contributed by atoms with Crippen molar-refractivity contribution in [2.24, 2.45) is 7.05 Å². The Morgan fingerprint density at radius 3 is 2.59 bits per heavy atom. The van der Waals surface area contributed by atoms with Gasteiger partial charge in [-0.1, -0.05) is 12.1 Å². The number of likely N-dealkylation sites (N-methyl/N-ethyl adjacent to an activating group) is 1. The second kappa shape index (κ2) is 8.39. The molecule has 1 aliphatic heterocycles. The number of hydrogen-bond donors (Lipinski definition) is 1. The van der Waals surface area contributed by atoms with Crippen molar-refractivity contribution in [3.63, 3.8) is 0 Å². The number of carbonyl (C=O) groups is 1. The molecule has 2 heterocycles. The van der Waals surface area contributed by atoms with Crippen LogP contribution in [0.3, 0.4) is 0 Å². The summed E-state index contributed by atoms with van der Waals surface area (Å²) in [5.41, 5.74) is 2.63. The summed E-state index contributed by atoms with van der Waals surface area (Å²) >= 11 is 0. The number of likely N-dealkylation sites (tertiary alicyclic amines) is 1. The largest absolute Gasteiger partial charge is 0.462 e. The average Bonchev–Trinajstić information content (AvgIpc) is 2.65. The van der Waals surface area contributed by atoms with Crippen molar-refractivity contribution in [3.8, 4) is 0 Å². The highest BCUT2D eigenvalue weighted by Gasteiger charge is 2.26. The van der Waals surface area contributed by atoms with Crippen LogP contribution in [-0.2, 0) is 11.8 Å². The molecule has 0 bridgehead atoms. The molecule has 0 amide bonds. The highest BCUT2D eigenvalue weighted by molar-refractivity contribution is 5.89. The van der Waals surface area contributed by atoms with Gasteiger partial charge in [0.25, 0.3) is 5.56 Å². The van der Waals surface area contributed by atoms with Crippen molar-refractivity contribution in [3.05, 3.63) is 64.1 Å².